The highest BCUT2D eigenvalue weighted by Gasteiger charge is 2.33. The van der Waals surface area contributed by atoms with Crippen molar-refractivity contribution < 1.29 is 14.3 Å². The maximum Gasteiger partial charge on any atom is 0.252 e. The molecule has 1 atom stereocenters. The number of aryl methyl sites for hydroxylation is 1. The molecule has 0 bridgehead atoms. The molecule has 0 spiro atoms. The van der Waals surface area contributed by atoms with Gasteiger partial charge in [-0.2, -0.15) is 0 Å². The van der Waals surface area contributed by atoms with Crippen LogP contribution in [0.1, 0.15) is 36.8 Å². The van der Waals surface area contributed by atoms with E-state index >= 15 is 0 Å². The van der Waals surface area contributed by atoms with E-state index in [1.54, 1.807) is 4.90 Å². The molecule has 1 saturated heterocycles. The van der Waals surface area contributed by atoms with Crippen molar-refractivity contribution in [1.29, 1.82) is 0 Å². The fraction of sp³-hybridized carbons (Fsp3) is 0.444. The molecule has 1 fully saturated rings. The Morgan fingerprint density at radius 1 is 1.31 bits per heavy atom. The Kier molecular flexibility index (Phi) is 5.95. The Bertz CT molecular complexity index is 775. The molecule has 2 heterocycles. The first-order valence-corrected chi connectivity index (χ1v) is 9.52. The Hall–Kier alpha value is -2.32. The first-order valence-electron chi connectivity index (χ1n) is 8.71. The summed E-state index contributed by atoms with van der Waals surface area (Å²) in [4.78, 5) is 25.9. The van der Waals surface area contributed by atoms with Crippen molar-refractivity contribution in [3.05, 3.63) is 34.8 Å². The van der Waals surface area contributed by atoms with Gasteiger partial charge in [-0.05, 0) is 31.0 Å². The van der Waals surface area contributed by atoms with Crippen LogP contribution in [0.25, 0.3) is 0 Å². The van der Waals surface area contributed by atoms with Gasteiger partial charge < -0.3 is 9.64 Å². The predicted molar refractivity (Wildman–Crippen MR) is 101 cm³/mol. The number of carbonyl (C=O) groups excluding carboxylic acids is 2. The van der Waals surface area contributed by atoms with E-state index in [2.05, 4.69) is 22.4 Å². The van der Waals surface area contributed by atoms with Crippen molar-refractivity contribution in [1.82, 2.24) is 10.2 Å². The molecular formula is C18H22N4O3S. The Morgan fingerprint density at radius 2 is 2.08 bits per heavy atom. The fourth-order valence-electron chi connectivity index (χ4n) is 2.83. The lowest BCUT2D eigenvalue weighted by Gasteiger charge is -2.16. The summed E-state index contributed by atoms with van der Waals surface area (Å²) in [5, 5.41) is 12.0. The van der Waals surface area contributed by atoms with Gasteiger partial charge in [0.05, 0.1) is 0 Å². The Morgan fingerprint density at radius 3 is 2.77 bits per heavy atom. The average Bonchev–Trinajstić information content (AvgIpc) is 3.26. The summed E-state index contributed by atoms with van der Waals surface area (Å²) in [7, 11) is 0. The summed E-state index contributed by atoms with van der Waals surface area (Å²) in [6.07, 6.45) is 1.37. The molecule has 1 unspecified atom stereocenters. The van der Waals surface area contributed by atoms with Crippen LogP contribution in [0.15, 0.2) is 24.3 Å². The van der Waals surface area contributed by atoms with E-state index in [1.807, 2.05) is 31.2 Å². The van der Waals surface area contributed by atoms with Crippen LogP contribution in [0.5, 0.6) is 0 Å². The molecule has 0 aliphatic carbocycles. The van der Waals surface area contributed by atoms with Crippen LogP contribution in [0.3, 0.4) is 0 Å². The number of ether oxygens (including phenoxy) is 1. The summed E-state index contributed by atoms with van der Waals surface area (Å²) < 4.78 is 5.06. The van der Waals surface area contributed by atoms with Gasteiger partial charge >= 0.3 is 0 Å². The summed E-state index contributed by atoms with van der Waals surface area (Å²) in [6, 6.07) is 8.07. The summed E-state index contributed by atoms with van der Waals surface area (Å²) in [5.74, 6) is -0.186. The molecule has 2 amide bonds. The van der Waals surface area contributed by atoms with E-state index in [0.717, 1.165) is 17.1 Å². The summed E-state index contributed by atoms with van der Waals surface area (Å²) in [5.41, 5.74) is 2.15. The third kappa shape index (κ3) is 4.25. The van der Waals surface area contributed by atoms with E-state index in [-0.39, 0.29) is 24.3 Å². The van der Waals surface area contributed by atoms with E-state index < -0.39 is 0 Å². The van der Waals surface area contributed by atoms with Crippen molar-refractivity contribution in [2.75, 3.05) is 30.0 Å². The molecule has 138 valence electrons. The molecule has 8 heteroatoms. The number of nitrogens with zero attached hydrogens (tertiary/aromatic N) is 3. The van der Waals surface area contributed by atoms with Gasteiger partial charge in [0.2, 0.25) is 11.0 Å². The largest absolute Gasteiger partial charge is 0.372 e. The van der Waals surface area contributed by atoms with Crippen LogP contribution in [0, 0.1) is 0 Å². The van der Waals surface area contributed by atoms with Crippen LogP contribution in [0.2, 0.25) is 0 Å². The van der Waals surface area contributed by atoms with Crippen LogP contribution in [-0.2, 0) is 20.7 Å². The zero-order chi connectivity index (χ0) is 18.5. The van der Waals surface area contributed by atoms with Crippen LogP contribution in [0.4, 0.5) is 10.8 Å². The lowest BCUT2D eigenvalue weighted by atomic mass is 10.1. The van der Waals surface area contributed by atoms with Crippen molar-refractivity contribution in [2.24, 2.45) is 0 Å². The first kappa shape index (κ1) is 18.5. The van der Waals surface area contributed by atoms with Gasteiger partial charge in [-0.3, -0.25) is 14.9 Å². The van der Waals surface area contributed by atoms with E-state index in [4.69, 9.17) is 4.74 Å². The molecule has 7 nitrogen and oxygen atoms in total. The predicted octanol–water partition coefficient (Wildman–Crippen LogP) is 2.60. The van der Waals surface area contributed by atoms with Crippen LogP contribution < -0.4 is 10.2 Å². The highest BCUT2D eigenvalue weighted by Crippen LogP contribution is 2.34. The maximum atomic E-state index is 12.4. The smallest absolute Gasteiger partial charge is 0.252 e. The van der Waals surface area contributed by atoms with Gasteiger partial charge in [-0.25, -0.2) is 0 Å². The van der Waals surface area contributed by atoms with E-state index in [1.165, 1.54) is 16.9 Å². The van der Waals surface area contributed by atoms with Gasteiger partial charge in [0, 0.05) is 31.2 Å². The number of anilines is 2. The fourth-order valence-corrected chi connectivity index (χ4v) is 3.69. The quantitative estimate of drug-likeness (QED) is 0.805. The molecule has 0 saturated carbocycles. The van der Waals surface area contributed by atoms with Gasteiger partial charge in [0.25, 0.3) is 5.91 Å². The van der Waals surface area contributed by atoms with E-state index in [9.17, 15) is 9.59 Å². The standard InChI is InChI=1S/C18H22N4O3S/c1-3-12-5-7-14(8-6-12)22-10-13(9-16(22)24)17-20-21-18(26-17)19-15(23)11-25-4-2/h5-8,13H,3-4,9-11H2,1-2H3,(H,19,21,23). The molecule has 1 aliphatic rings. The number of rotatable bonds is 7. The van der Waals surface area contributed by atoms with Gasteiger partial charge in [-0.15, -0.1) is 10.2 Å². The second-order valence-corrected chi connectivity index (χ2v) is 7.07. The third-order valence-electron chi connectivity index (χ3n) is 4.25. The number of nitrogens with one attached hydrogen (secondary N) is 1. The van der Waals surface area contributed by atoms with Crippen molar-refractivity contribution in [2.45, 2.75) is 32.6 Å². The molecule has 2 aromatic rings. The highest BCUT2D eigenvalue weighted by atomic mass is 32.1. The number of carbonyl (C=O) groups is 2. The number of aromatic nitrogens is 2. The van der Waals surface area contributed by atoms with Crippen LogP contribution >= 0.6 is 11.3 Å². The zero-order valence-corrected chi connectivity index (χ0v) is 15.7. The lowest BCUT2D eigenvalue weighted by molar-refractivity contribution is -0.120. The van der Waals surface area contributed by atoms with Gasteiger partial charge in [0.1, 0.15) is 11.6 Å². The molecule has 1 N–H and O–H groups in total. The monoisotopic (exact) mass is 374 g/mol. The Balaban J connectivity index is 1.64. The SMILES string of the molecule is CCOCC(=O)Nc1nnc(C2CC(=O)N(c3ccc(CC)cc3)C2)s1. The number of hydrogen-bond acceptors (Lipinski definition) is 6. The normalized spacial score (nSPS) is 16.9. The topological polar surface area (TPSA) is 84.4 Å². The molecular weight excluding hydrogens is 352 g/mol. The molecule has 1 aromatic heterocycles. The minimum atomic E-state index is -0.255. The maximum absolute atomic E-state index is 12.4. The zero-order valence-electron chi connectivity index (χ0n) is 14.9. The van der Waals surface area contributed by atoms with Gasteiger partial charge in [0.15, 0.2) is 0 Å². The number of benzene rings is 1. The second kappa shape index (κ2) is 8.37. The third-order valence-corrected chi connectivity index (χ3v) is 5.26. The molecule has 0 radical (unpaired) electrons. The van der Waals surface area contributed by atoms with Gasteiger partial charge in [-0.1, -0.05) is 30.4 Å². The van der Waals surface area contributed by atoms with Crippen molar-refractivity contribution in [3.8, 4) is 0 Å². The summed E-state index contributed by atoms with van der Waals surface area (Å²) >= 11 is 1.31. The van der Waals surface area contributed by atoms with Crippen LogP contribution in [-0.4, -0.2) is 41.8 Å². The summed E-state index contributed by atoms with van der Waals surface area (Å²) in [6.45, 7) is 4.98. The average molecular weight is 374 g/mol. The van der Waals surface area contributed by atoms with Crippen molar-refractivity contribution >= 4 is 34.0 Å². The minimum absolute atomic E-state index is 0.00510. The molecule has 26 heavy (non-hydrogen) atoms. The molecule has 1 aliphatic heterocycles. The lowest BCUT2D eigenvalue weighted by Crippen LogP contribution is -2.24. The molecule has 1 aromatic carbocycles. The van der Waals surface area contributed by atoms with E-state index in [0.29, 0.717) is 24.7 Å². The number of hydrogen-bond donors (Lipinski definition) is 1. The minimum Gasteiger partial charge on any atom is -0.372 e. The van der Waals surface area contributed by atoms with Crippen molar-refractivity contribution in [3.63, 3.8) is 0 Å². The Labute approximate surface area is 156 Å². The first-order chi connectivity index (χ1) is 12.6. The number of amides is 2. The highest BCUT2D eigenvalue weighted by molar-refractivity contribution is 7.15. The molecule has 3 rings (SSSR count). The second-order valence-electron chi connectivity index (χ2n) is 6.06.